The molecule has 198 valence electrons. The molecule has 0 bridgehead atoms. The van der Waals surface area contributed by atoms with Crippen LogP contribution in [-0.4, -0.2) is 36.7 Å². The number of rotatable bonds is 6. The second-order valence-electron chi connectivity index (χ2n) is 8.95. The molecule has 3 aromatic heterocycles. The van der Waals surface area contributed by atoms with Crippen molar-refractivity contribution in [2.75, 3.05) is 5.73 Å². The average molecular weight is 531 g/mol. The van der Waals surface area contributed by atoms with E-state index in [2.05, 4.69) is 44.0 Å². The first-order valence-electron chi connectivity index (χ1n) is 12.4. The Hall–Kier alpha value is -5.69. The van der Waals surface area contributed by atoms with Crippen LogP contribution in [0.2, 0.25) is 0 Å². The number of carbonyl (C=O) groups is 1. The smallest absolute Gasteiger partial charge is 0.264 e. The monoisotopic (exact) mass is 530 g/mol. The molecule has 0 fully saturated rings. The van der Waals surface area contributed by atoms with E-state index in [0.717, 1.165) is 0 Å². The van der Waals surface area contributed by atoms with Crippen molar-refractivity contribution < 1.29 is 4.79 Å². The molecule has 1 atom stereocenters. The summed E-state index contributed by atoms with van der Waals surface area (Å²) in [4.78, 5) is 31.8. The molecule has 0 aliphatic heterocycles. The van der Waals surface area contributed by atoms with Gasteiger partial charge in [-0.25, -0.2) is 9.67 Å². The van der Waals surface area contributed by atoms with E-state index in [0.29, 0.717) is 39.2 Å². The maximum Gasteiger partial charge on any atom is 0.264 e. The summed E-state index contributed by atoms with van der Waals surface area (Å²) >= 11 is 0. The Bertz CT molecular complexity index is 1870. The van der Waals surface area contributed by atoms with Gasteiger partial charge in [-0.05, 0) is 48.6 Å². The summed E-state index contributed by atoms with van der Waals surface area (Å²) in [5.74, 6) is 5.98. The van der Waals surface area contributed by atoms with Gasteiger partial charge in [0.25, 0.3) is 11.5 Å². The lowest BCUT2D eigenvalue weighted by molar-refractivity contribution is 0.0940. The van der Waals surface area contributed by atoms with Crippen LogP contribution in [0.4, 0.5) is 11.6 Å². The molecule has 10 heteroatoms. The number of benzene rings is 2. The highest BCUT2D eigenvalue weighted by Gasteiger charge is 2.24. The highest BCUT2D eigenvalue weighted by atomic mass is 16.2. The summed E-state index contributed by atoms with van der Waals surface area (Å²) in [7, 11) is 1.65. The Morgan fingerprint density at radius 2 is 1.98 bits per heavy atom. The van der Waals surface area contributed by atoms with E-state index in [9.17, 15) is 9.59 Å². The summed E-state index contributed by atoms with van der Waals surface area (Å²) in [6, 6.07) is 17.8. The lowest BCUT2D eigenvalue weighted by Gasteiger charge is -2.21. The number of H-pyrrole nitrogens is 1. The van der Waals surface area contributed by atoms with Crippen molar-refractivity contribution in [3.63, 3.8) is 0 Å². The molecule has 5 rings (SSSR count). The predicted molar refractivity (Wildman–Crippen MR) is 156 cm³/mol. The molecular weight excluding hydrogens is 504 g/mol. The minimum Gasteiger partial charge on any atom is -0.381 e. The van der Waals surface area contributed by atoms with Gasteiger partial charge < -0.3 is 11.1 Å². The van der Waals surface area contributed by atoms with Crippen LogP contribution in [0.25, 0.3) is 16.5 Å². The van der Waals surface area contributed by atoms with Crippen molar-refractivity contribution in [1.29, 1.82) is 0 Å². The molecule has 10 nitrogen and oxygen atoms in total. The van der Waals surface area contributed by atoms with Gasteiger partial charge in [-0.2, -0.15) is 10.2 Å². The number of amides is 1. The van der Waals surface area contributed by atoms with Crippen LogP contribution >= 0.6 is 0 Å². The molecule has 1 amide bonds. The Morgan fingerprint density at radius 1 is 1.18 bits per heavy atom. The first-order chi connectivity index (χ1) is 19.4. The van der Waals surface area contributed by atoms with Gasteiger partial charge in [0.15, 0.2) is 11.6 Å². The largest absolute Gasteiger partial charge is 0.381 e. The minimum absolute atomic E-state index is 0.0443. The molecule has 0 aliphatic rings. The molecule has 40 heavy (non-hydrogen) atoms. The zero-order valence-corrected chi connectivity index (χ0v) is 21.9. The molecule has 5 aromatic rings. The summed E-state index contributed by atoms with van der Waals surface area (Å²) < 4.78 is 3.02. The van der Waals surface area contributed by atoms with Crippen LogP contribution in [0.1, 0.15) is 40.3 Å². The zero-order valence-electron chi connectivity index (χ0n) is 21.9. The van der Waals surface area contributed by atoms with Crippen molar-refractivity contribution in [2.45, 2.75) is 13.0 Å². The van der Waals surface area contributed by atoms with Crippen LogP contribution < -0.4 is 16.6 Å². The Labute approximate surface area is 229 Å². The Balaban J connectivity index is 1.63. The second kappa shape index (κ2) is 11.0. The Morgan fingerprint density at radius 3 is 2.70 bits per heavy atom. The number of aryl methyl sites for hydroxylation is 1. The van der Waals surface area contributed by atoms with E-state index in [4.69, 9.17) is 5.73 Å². The zero-order chi connectivity index (χ0) is 28.2. The van der Waals surface area contributed by atoms with Gasteiger partial charge >= 0.3 is 0 Å². The standard InChI is InChI=1S/C30H26N8O2/c1-4-16-32-28-26(27(31)36-37(28)3)29(39)34-19(2)24-18-21-10-8-9-20(13-14-22-15-17-33-35-22)25(21)30(40)38(24)23-11-6-5-7-12-23/h4-12,15-19H,1H2,2-3H3,(H2,31,36)(H,33,35)(H,34,39)/b32-16-. The number of para-hydroxylation sites is 1. The fourth-order valence-electron chi connectivity index (χ4n) is 4.48. The number of aliphatic imine (C=N–C) groups is 1. The third kappa shape index (κ3) is 4.91. The van der Waals surface area contributed by atoms with Crippen LogP contribution in [0.3, 0.4) is 0 Å². The van der Waals surface area contributed by atoms with Gasteiger partial charge in [0, 0.05) is 36.4 Å². The highest BCUT2D eigenvalue weighted by Crippen LogP contribution is 2.27. The maximum atomic E-state index is 14.1. The number of hydrogen-bond acceptors (Lipinski definition) is 6. The summed E-state index contributed by atoms with van der Waals surface area (Å²) in [5, 5.41) is 15.0. The third-order valence-electron chi connectivity index (χ3n) is 6.29. The summed E-state index contributed by atoms with van der Waals surface area (Å²) in [5.41, 5.74) is 8.39. The summed E-state index contributed by atoms with van der Waals surface area (Å²) in [6.45, 7) is 5.43. The van der Waals surface area contributed by atoms with Gasteiger partial charge in [0.2, 0.25) is 0 Å². The fraction of sp³-hybridized carbons (Fsp3) is 0.100. The third-order valence-corrected chi connectivity index (χ3v) is 6.29. The Kier molecular flexibility index (Phi) is 7.11. The predicted octanol–water partition coefficient (Wildman–Crippen LogP) is 3.81. The quantitative estimate of drug-likeness (QED) is 0.227. The number of carbonyl (C=O) groups excluding carboxylic acids is 1. The summed E-state index contributed by atoms with van der Waals surface area (Å²) in [6.07, 6.45) is 4.57. The maximum absolute atomic E-state index is 14.1. The lowest BCUT2D eigenvalue weighted by atomic mass is 10.0. The van der Waals surface area contributed by atoms with E-state index < -0.39 is 11.9 Å². The second-order valence-corrected chi connectivity index (χ2v) is 8.95. The van der Waals surface area contributed by atoms with Gasteiger partial charge in [0.05, 0.1) is 11.4 Å². The minimum atomic E-state index is -0.597. The SMILES string of the molecule is C=C/C=N\c1c(C(=O)NC(C)c2cc3cccc(C#Cc4ccn[nH]4)c3c(=O)n2-c2ccccc2)c(N)nn1C. The number of nitrogens with zero attached hydrogens (tertiary/aromatic N) is 5. The number of nitrogens with two attached hydrogens (primary N) is 1. The molecule has 2 aromatic carbocycles. The van der Waals surface area contributed by atoms with Crippen molar-refractivity contribution in [2.24, 2.45) is 12.0 Å². The van der Waals surface area contributed by atoms with Crippen LogP contribution in [-0.2, 0) is 7.05 Å². The topological polar surface area (TPSA) is 136 Å². The molecule has 4 N–H and O–H groups in total. The van der Waals surface area contributed by atoms with Gasteiger partial charge in [-0.15, -0.1) is 0 Å². The van der Waals surface area contributed by atoms with Crippen LogP contribution in [0.15, 0.2) is 89.3 Å². The first-order valence-corrected chi connectivity index (χ1v) is 12.4. The molecule has 0 radical (unpaired) electrons. The number of aromatic nitrogens is 5. The molecule has 3 heterocycles. The van der Waals surface area contributed by atoms with E-state index in [1.807, 2.05) is 54.6 Å². The van der Waals surface area contributed by atoms with Crippen molar-refractivity contribution >= 4 is 34.5 Å². The molecular formula is C30H26N8O2. The molecule has 0 saturated heterocycles. The van der Waals surface area contributed by atoms with E-state index in [1.54, 1.807) is 30.8 Å². The van der Waals surface area contributed by atoms with E-state index in [1.165, 1.54) is 17.0 Å². The number of aromatic amines is 1. The highest BCUT2D eigenvalue weighted by molar-refractivity contribution is 6.03. The number of pyridine rings is 1. The van der Waals surface area contributed by atoms with Crippen LogP contribution in [0, 0.1) is 11.8 Å². The normalized spacial score (nSPS) is 11.8. The van der Waals surface area contributed by atoms with Gasteiger partial charge in [-0.3, -0.25) is 19.3 Å². The number of allylic oxidation sites excluding steroid dienone is 1. The van der Waals surface area contributed by atoms with Crippen molar-refractivity contribution in [1.82, 2.24) is 29.9 Å². The van der Waals surface area contributed by atoms with Crippen LogP contribution in [0.5, 0.6) is 0 Å². The van der Waals surface area contributed by atoms with Crippen molar-refractivity contribution in [3.8, 4) is 17.5 Å². The number of anilines is 1. The average Bonchev–Trinajstić information content (AvgIpc) is 3.57. The fourth-order valence-corrected chi connectivity index (χ4v) is 4.48. The first kappa shape index (κ1) is 25.9. The number of nitrogens with one attached hydrogen (secondary N) is 2. The van der Waals surface area contributed by atoms with Gasteiger partial charge in [0.1, 0.15) is 11.3 Å². The number of hydrogen-bond donors (Lipinski definition) is 3. The van der Waals surface area contributed by atoms with E-state index >= 15 is 0 Å². The number of fused-ring (bicyclic) bond motifs is 1. The molecule has 1 unspecified atom stereocenters. The van der Waals surface area contributed by atoms with Gasteiger partial charge in [-0.1, -0.05) is 48.9 Å². The molecule has 0 saturated carbocycles. The number of nitrogen functional groups attached to an aromatic ring is 1. The lowest BCUT2D eigenvalue weighted by Crippen LogP contribution is -2.32. The molecule has 0 aliphatic carbocycles. The van der Waals surface area contributed by atoms with E-state index in [-0.39, 0.29) is 16.9 Å². The van der Waals surface area contributed by atoms with Crippen molar-refractivity contribution in [3.05, 3.63) is 112 Å². The molecule has 0 spiro atoms.